The summed E-state index contributed by atoms with van der Waals surface area (Å²) >= 11 is 1.47. The van der Waals surface area contributed by atoms with Gasteiger partial charge in [0, 0.05) is 38.0 Å². The maximum absolute atomic E-state index is 12.4. The molecule has 0 bridgehead atoms. The minimum atomic E-state index is -0.333. The number of aromatic nitrogens is 1. The van der Waals surface area contributed by atoms with Gasteiger partial charge >= 0.3 is 0 Å². The van der Waals surface area contributed by atoms with E-state index in [9.17, 15) is 9.59 Å². The van der Waals surface area contributed by atoms with E-state index >= 15 is 0 Å². The maximum Gasteiger partial charge on any atom is 0.273 e. The summed E-state index contributed by atoms with van der Waals surface area (Å²) in [4.78, 5) is 31.5. The fraction of sp³-hybridized carbons (Fsp3) is 0.615. The van der Waals surface area contributed by atoms with E-state index in [0.29, 0.717) is 38.3 Å². The predicted molar refractivity (Wildman–Crippen MR) is 81.0 cm³/mol. The largest absolute Gasteiger partial charge is 0.369 e. The van der Waals surface area contributed by atoms with Crippen molar-refractivity contribution in [1.82, 2.24) is 14.8 Å². The van der Waals surface area contributed by atoms with Crippen molar-refractivity contribution < 1.29 is 9.59 Å². The SMILES string of the molecule is NCCc1nc(C(=O)N2CCCN(CC(N)=O)CC2)cs1. The van der Waals surface area contributed by atoms with Crippen LogP contribution in [0.4, 0.5) is 0 Å². The molecule has 0 aliphatic carbocycles. The summed E-state index contributed by atoms with van der Waals surface area (Å²) in [6.07, 6.45) is 1.53. The lowest BCUT2D eigenvalue weighted by Gasteiger charge is -2.20. The van der Waals surface area contributed by atoms with Gasteiger partial charge in [0.25, 0.3) is 5.91 Å². The smallest absolute Gasteiger partial charge is 0.273 e. The molecule has 7 nitrogen and oxygen atoms in total. The Morgan fingerprint density at radius 3 is 2.81 bits per heavy atom. The number of nitrogens with two attached hydrogens (primary N) is 2. The maximum atomic E-state index is 12.4. The van der Waals surface area contributed by atoms with Gasteiger partial charge in [-0.05, 0) is 13.0 Å². The van der Waals surface area contributed by atoms with Gasteiger partial charge in [-0.1, -0.05) is 0 Å². The molecule has 2 heterocycles. The van der Waals surface area contributed by atoms with E-state index in [1.54, 1.807) is 10.3 Å². The fourth-order valence-electron chi connectivity index (χ4n) is 2.36. The van der Waals surface area contributed by atoms with Crippen LogP contribution in [0.2, 0.25) is 0 Å². The third-order valence-corrected chi connectivity index (χ3v) is 4.29. The highest BCUT2D eigenvalue weighted by molar-refractivity contribution is 7.09. The Balaban J connectivity index is 1.94. The molecule has 8 heteroatoms. The van der Waals surface area contributed by atoms with Crippen molar-refractivity contribution in [1.29, 1.82) is 0 Å². The number of thiazole rings is 1. The van der Waals surface area contributed by atoms with Gasteiger partial charge in [-0.25, -0.2) is 4.98 Å². The highest BCUT2D eigenvalue weighted by Crippen LogP contribution is 2.13. The molecule has 116 valence electrons. The third kappa shape index (κ3) is 4.48. The van der Waals surface area contributed by atoms with E-state index in [0.717, 1.165) is 18.0 Å². The fourth-order valence-corrected chi connectivity index (χ4v) is 3.15. The minimum absolute atomic E-state index is 0.0459. The van der Waals surface area contributed by atoms with Gasteiger partial charge < -0.3 is 16.4 Å². The molecule has 2 amide bonds. The van der Waals surface area contributed by atoms with Crippen LogP contribution in [-0.2, 0) is 11.2 Å². The number of nitrogens with zero attached hydrogens (tertiary/aromatic N) is 3. The summed E-state index contributed by atoms with van der Waals surface area (Å²) in [6.45, 7) is 3.50. The van der Waals surface area contributed by atoms with E-state index in [1.165, 1.54) is 11.3 Å². The Morgan fingerprint density at radius 2 is 2.10 bits per heavy atom. The number of carbonyl (C=O) groups excluding carboxylic acids is 2. The first-order chi connectivity index (χ1) is 10.1. The molecule has 0 aromatic carbocycles. The molecule has 1 fully saturated rings. The number of hydrogen-bond acceptors (Lipinski definition) is 6. The zero-order valence-corrected chi connectivity index (χ0v) is 12.8. The van der Waals surface area contributed by atoms with E-state index in [2.05, 4.69) is 4.98 Å². The van der Waals surface area contributed by atoms with Crippen LogP contribution in [0.5, 0.6) is 0 Å². The molecular formula is C13H21N5O2S. The molecular weight excluding hydrogens is 290 g/mol. The Morgan fingerprint density at radius 1 is 1.29 bits per heavy atom. The lowest BCUT2D eigenvalue weighted by atomic mass is 10.3. The first kappa shape index (κ1) is 15.9. The molecule has 1 aromatic heterocycles. The molecule has 0 saturated carbocycles. The predicted octanol–water partition coefficient (Wildman–Crippen LogP) is -0.722. The number of rotatable bonds is 5. The van der Waals surface area contributed by atoms with Crippen LogP contribution in [0.25, 0.3) is 0 Å². The third-order valence-electron chi connectivity index (χ3n) is 3.38. The Hall–Kier alpha value is -1.51. The first-order valence-electron chi connectivity index (χ1n) is 7.04. The summed E-state index contributed by atoms with van der Waals surface area (Å²) in [6, 6.07) is 0. The molecule has 0 atom stereocenters. The van der Waals surface area contributed by atoms with Gasteiger partial charge in [0.05, 0.1) is 11.6 Å². The second kappa shape index (κ2) is 7.48. The van der Waals surface area contributed by atoms with Crippen molar-refractivity contribution >= 4 is 23.2 Å². The second-order valence-electron chi connectivity index (χ2n) is 5.05. The summed E-state index contributed by atoms with van der Waals surface area (Å²) in [5.74, 6) is -0.379. The lowest BCUT2D eigenvalue weighted by molar-refractivity contribution is -0.119. The summed E-state index contributed by atoms with van der Waals surface area (Å²) in [5, 5.41) is 2.69. The van der Waals surface area contributed by atoms with E-state index < -0.39 is 0 Å². The lowest BCUT2D eigenvalue weighted by Crippen LogP contribution is -2.38. The van der Waals surface area contributed by atoms with E-state index in [4.69, 9.17) is 11.5 Å². The normalized spacial score (nSPS) is 16.7. The van der Waals surface area contributed by atoms with Gasteiger partial charge in [-0.3, -0.25) is 14.5 Å². The standard InChI is InChI=1S/C13H21N5O2S/c14-3-2-12-16-10(9-21-12)13(20)18-5-1-4-17(6-7-18)8-11(15)19/h9H,1-8,14H2,(H2,15,19). The van der Waals surface area contributed by atoms with E-state index in [-0.39, 0.29) is 18.4 Å². The zero-order chi connectivity index (χ0) is 15.2. The van der Waals surface area contributed by atoms with Gasteiger partial charge in [0.2, 0.25) is 5.91 Å². The van der Waals surface area contributed by atoms with E-state index in [1.807, 2.05) is 4.90 Å². The topological polar surface area (TPSA) is 106 Å². The molecule has 0 spiro atoms. The summed E-state index contributed by atoms with van der Waals surface area (Å²) in [5.41, 5.74) is 11.2. The van der Waals surface area contributed by atoms with Crippen LogP contribution in [0, 0.1) is 0 Å². The number of primary amides is 1. The van der Waals surface area contributed by atoms with Gasteiger partial charge in [-0.2, -0.15) is 0 Å². The quantitative estimate of drug-likeness (QED) is 0.746. The molecule has 1 saturated heterocycles. The average Bonchev–Trinajstić information content (AvgIpc) is 2.78. The zero-order valence-electron chi connectivity index (χ0n) is 12.0. The Kier molecular flexibility index (Phi) is 5.66. The summed E-state index contributed by atoms with van der Waals surface area (Å²) < 4.78 is 0. The van der Waals surface area contributed by atoms with Crippen molar-refractivity contribution in [3.05, 3.63) is 16.1 Å². The summed E-state index contributed by atoms with van der Waals surface area (Å²) in [7, 11) is 0. The molecule has 1 aliphatic heterocycles. The van der Waals surface area contributed by atoms with Crippen LogP contribution in [0.1, 0.15) is 21.9 Å². The highest BCUT2D eigenvalue weighted by atomic mass is 32.1. The molecule has 1 aliphatic rings. The van der Waals surface area contributed by atoms with Gasteiger partial charge in [0.15, 0.2) is 0 Å². The van der Waals surface area contributed by atoms with Crippen LogP contribution >= 0.6 is 11.3 Å². The Labute approximate surface area is 127 Å². The number of carbonyl (C=O) groups is 2. The highest BCUT2D eigenvalue weighted by Gasteiger charge is 2.22. The van der Waals surface area contributed by atoms with Gasteiger partial charge in [-0.15, -0.1) is 11.3 Å². The minimum Gasteiger partial charge on any atom is -0.369 e. The monoisotopic (exact) mass is 311 g/mol. The molecule has 4 N–H and O–H groups in total. The van der Waals surface area contributed by atoms with Crippen molar-refractivity contribution in [2.75, 3.05) is 39.3 Å². The van der Waals surface area contributed by atoms with Crippen LogP contribution in [0.3, 0.4) is 0 Å². The second-order valence-corrected chi connectivity index (χ2v) is 6.00. The molecule has 21 heavy (non-hydrogen) atoms. The number of hydrogen-bond donors (Lipinski definition) is 2. The molecule has 2 rings (SSSR count). The molecule has 0 radical (unpaired) electrons. The number of amides is 2. The van der Waals surface area contributed by atoms with Crippen molar-refractivity contribution in [3.63, 3.8) is 0 Å². The molecule has 0 unspecified atom stereocenters. The average molecular weight is 311 g/mol. The van der Waals surface area contributed by atoms with Crippen molar-refractivity contribution in [3.8, 4) is 0 Å². The van der Waals surface area contributed by atoms with Crippen molar-refractivity contribution in [2.24, 2.45) is 11.5 Å². The Bertz CT molecular complexity index is 505. The van der Waals surface area contributed by atoms with Gasteiger partial charge in [0.1, 0.15) is 5.69 Å². The van der Waals surface area contributed by atoms with Crippen LogP contribution < -0.4 is 11.5 Å². The molecule has 1 aromatic rings. The first-order valence-corrected chi connectivity index (χ1v) is 7.92. The van der Waals surface area contributed by atoms with Crippen LogP contribution in [-0.4, -0.2) is 65.9 Å². The van der Waals surface area contributed by atoms with Crippen LogP contribution in [0.15, 0.2) is 5.38 Å². The van der Waals surface area contributed by atoms with Crippen molar-refractivity contribution in [2.45, 2.75) is 12.8 Å².